The maximum absolute atomic E-state index is 15.2. The van der Waals surface area contributed by atoms with Crippen molar-refractivity contribution in [2.45, 2.75) is 62.4 Å². The highest BCUT2D eigenvalue weighted by Crippen LogP contribution is 2.40. The van der Waals surface area contributed by atoms with Gasteiger partial charge in [0.2, 0.25) is 0 Å². The van der Waals surface area contributed by atoms with Gasteiger partial charge < -0.3 is 15.3 Å². The number of aromatic nitrogens is 4. The fourth-order valence-electron chi connectivity index (χ4n) is 5.07. The van der Waals surface area contributed by atoms with Crippen molar-refractivity contribution in [1.29, 1.82) is 5.26 Å². The van der Waals surface area contributed by atoms with Gasteiger partial charge in [0.1, 0.15) is 18.0 Å². The largest absolute Gasteiger partial charge is 0.507 e. The summed E-state index contributed by atoms with van der Waals surface area (Å²) in [5.41, 5.74) is 1.78. The molecular weight excluding hydrogens is 441 g/mol. The number of nitriles is 1. The summed E-state index contributed by atoms with van der Waals surface area (Å²) < 4.78 is 15.2. The fourth-order valence-corrected chi connectivity index (χ4v) is 5.69. The Kier molecular flexibility index (Phi) is 4.96. The molecule has 8 nitrogen and oxygen atoms in total. The van der Waals surface area contributed by atoms with E-state index >= 15 is 4.39 Å². The lowest BCUT2D eigenvalue weighted by atomic mass is 9.96. The topological polar surface area (TPSA) is 111 Å². The molecule has 3 aromatic rings. The van der Waals surface area contributed by atoms with E-state index in [4.69, 9.17) is 5.26 Å². The van der Waals surface area contributed by atoms with Crippen molar-refractivity contribution >= 4 is 17.2 Å². The Balaban J connectivity index is 1.26. The number of aromatic hydroxyl groups is 1. The molecule has 4 atom stereocenters. The molecule has 6 rings (SSSR count). The number of hydrogen-bond donors (Lipinski definition) is 2. The minimum absolute atomic E-state index is 0.00589. The van der Waals surface area contributed by atoms with Crippen LogP contribution in [0.1, 0.15) is 37.1 Å². The van der Waals surface area contributed by atoms with Crippen LogP contribution in [-0.4, -0.2) is 55.6 Å². The Morgan fingerprint density at radius 3 is 2.79 bits per heavy atom. The first-order valence-corrected chi connectivity index (χ1v) is 12.1. The van der Waals surface area contributed by atoms with Crippen molar-refractivity contribution in [1.82, 2.24) is 25.5 Å². The van der Waals surface area contributed by atoms with Gasteiger partial charge in [-0.05, 0) is 44.2 Å². The standard InChI is InChI=1S/C23H22FN7OS/c24-22-16-6-2-13(27-16)8-18(22)31(14-3-4-14)20-10-26-23(30-29-20)15-5-1-12(7-19(15)32)17-11-33-21(9-25)28-17/h1,5,7,10-11,13-14,16,18,22,27,32H,2-4,6,8H2/t13-,16+,18+,22-/m0/s1. The number of benzene rings is 1. The second-order valence-electron chi connectivity index (χ2n) is 8.95. The number of nitrogens with zero attached hydrogens (tertiary/aromatic N) is 6. The molecular formula is C23H22FN7OS. The molecule has 1 saturated carbocycles. The summed E-state index contributed by atoms with van der Waals surface area (Å²) in [4.78, 5) is 10.8. The van der Waals surface area contributed by atoms with E-state index in [0.717, 1.165) is 32.1 Å². The van der Waals surface area contributed by atoms with Crippen LogP contribution in [0.3, 0.4) is 0 Å². The molecule has 4 heterocycles. The Hall–Kier alpha value is -3.16. The maximum atomic E-state index is 15.2. The average molecular weight is 464 g/mol. The van der Waals surface area contributed by atoms with Gasteiger partial charge in [-0.3, -0.25) is 0 Å². The van der Waals surface area contributed by atoms with E-state index in [-0.39, 0.29) is 23.9 Å². The molecule has 2 saturated heterocycles. The number of nitrogens with one attached hydrogen (secondary N) is 1. The van der Waals surface area contributed by atoms with E-state index in [0.29, 0.717) is 39.5 Å². The highest BCUT2D eigenvalue weighted by molar-refractivity contribution is 7.10. The molecule has 3 fully saturated rings. The van der Waals surface area contributed by atoms with E-state index in [1.54, 1.807) is 29.8 Å². The predicted octanol–water partition coefficient (Wildman–Crippen LogP) is 3.44. The highest BCUT2D eigenvalue weighted by atomic mass is 32.1. The van der Waals surface area contributed by atoms with Gasteiger partial charge >= 0.3 is 0 Å². The first-order valence-electron chi connectivity index (χ1n) is 11.2. The zero-order chi connectivity index (χ0) is 22.5. The molecule has 2 N–H and O–H groups in total. The van der Waals surface area contributed by atoms with Crippen LogP contribution in [0.2, 0.25) is 0 Å². The van der Waals surface area contributed by atoms with E-state index < -0.39 is 6.17 Å². The first kappa shape index (κ1) is 20.4. The Morgan fingerprint density at radius 1 is 1.21 bits per heavy atom. The summed E-state index contributed by atoms with van der Waals surface area (Å²) in [6, 6.07) is 7.49. The summed E-state index contributed by atoms with van der Waals surface area (Å²) in [6.07, 6.45) is 5.45. The first-order chi connectivity index (χ1) is 16.1. The number of alkyl halides is 1. The second kappa shape index (κ2) is 8.01. The third-order valence-electron chi connectivity index (χ3n) is 6.80. The quantitative estimate of drug-likeness (QED) is 0.592. The van der Waals surface area contributed by atoms with Crippen LogP contribution in [0.15, 0.2) is 29.8 Å². The SMILES string of the molecule is N#Cc1nc(-c2ccc(-c3ncc(N(C4CC4)[C@@H]4C[C@@H]5CC[C@@H](N5)[C@@H]4F)nn3)c(O)c2)cs1. The predicted molar refractivity (Wildman–Crippen MR) is 121 cm³/mol. The number of anilines is 1. The van der Waals surface area contributed by atoms with E-state index in [1.165, 1.54) is 11.3 Å². The number of piperidine rings is 1. The lowest BCUT2D eigenvalue weighted by Gasteiger charge is -2.40. The molecule has 2 bridgehead atoms. The number of rotatable bonds is 5. The minimum atomic E-state index is -0.935. The molecule has 1 aromatic carbocycles. The number of hydrogen-bond acceptors (Lipinski definition) is 9. The van der Waals surface area contributed by atoms with Gasteiger partial charge in [-0.25, -0.2) is 14.4 Å². The summed E-state index contributed by atoms with van der Waals surface area (Å²) in [5, 5.41) is 33.8. The van der Waals surface area contributed by atoms with Crippen molar-refractivity contribution in [3.63, 3.8) is 0 Å². The summed E-state index contributed by atoms with van der Waals surface area (Å²) in [7, 11) is 0. The van der Waals surface area contributed by atoms with Gasteiger partial charge in [0, 0.05) is 29.1 Å². The third kappa shape index (κ3) is 3.71. The molecule has 1 aliphatic carbocycles. The van der Waals surface area contributed by atoms with Crippen LogP contribution in [0.5, 0.6) is 5.75 Å². The highest BCUT2D eigenvalue weighted by Gasteiger charge is 2.48. The maximum Gasteiger partial charge on any atom is 0.194 e. The normalized spacial score (nSPS) is 26.2. The number of halogens is 1. The van der Waals surface area contributed by atoms with Crippen molar-refractivity contribution in [3.05, 3.63) is 34.8 Å². The van der Waals surface area contributed by atoms with Crippen molar-refractivity contribution in [3.8, 4) is 34.5 Å². The monoisotopic (exact) mass is 463 g/mol. The van der Waals surface area contributed by atoms with Crippen LogP contribution in [0, 0.1) is 11.3 Å². The van der Waals surface area contributed by atoms with Crippen LogP contribution in [0.4, 0.5) is 10.2 Å². The molecule has 10 heteroatoms. The molecule has 3 aliphatic rings. The van der Waals surface area contributed by atoms with Crippen molar-refractivity contribution < 1.29 is 9.50 Å². The van der Waals surface area contributed by atoms with Crippen LogP contribution >= 0.6 is 11.3 Å². The van der Waals surface area contributed by atoms with Gasteiger partial charge in [0.25, 0.3) is 0 Å². The van der Waals surface area contributed by atoms with E-state index in [1.807, 2.05) is 6.07 Å². The molecule has 2 aliphatic heterocycles. The molecule has 0 amide bonds. The summed E-state index contributed by atoms with van der Waals surface area (Å²) >= 11 is 1.25. The number of fused-ring (bicyclic) bond motifs is 2. The molecule has 0 unspecified atom stereocenters. The number of phenols is 1. The van der Waals surface area contributed by atoms with Crippen LogP contribution in [0.25, 0.3) is 22.6 Å². The molecule has 168 valence electrons. The van der Waals surface area contributed by atoms with Gasteiger partial charge in [-0.15, -0.1) is 21.5 Å². The lowest BCUT2D eigenvalue weighted by Crippen LogP contribution is -2.57. The van der Waals surface area contributed by atoms with Gasteiger partial charge in [0.15, 0.2) is 16.6 Å². The van der Waals surface area contributed by atoms with Crippen molar-refractivity contribution in [2.75, 3.05) is 4.90 Å². The minimum Gasteiger partial charge on any atom is -0.507 e. The Bertz CT molecular complexity index is 1220. The molecule has 0 radical (unpaired) electrons. The Morgan fingerprint density at radius 2 is 2.09 bits per heavy atom. The van der Waals surface area contributed by atoms with E-state index in [2.05, 4.69) is 30.4 Å². The molecule has 33 heavy (non-hydrogen) atoms. The van der Waals surface area contributed by atoms with Gasteiger partial charge in [-0.2, -0.15) is 5.26 Å². The zero-order valence-electron chi connectivity index (χ0n) is 17.7. The van der Waals surface area contributed by atoms with E-state index in [9.17, 15) is 5.11 Å². The molecule has 2 aromatic heterocycles. The lowest BCUT2D eigenvalue weighted by molar-refractivity contribution is 0.171. The second-order valence-corrected chi connectivity index (χ2v) is 9.81. The molecule has 0 spiro atoms. The number of phenolic OH excluding ortho intramolecular Hbond substituents is 1. The van der Waals surface area contributed by atoms with Crippen LogP contribution < -0.4 is 10.2 Å². The summed E-state index contributed by atoms with van der Waals surface area (Å²) in [6.45, 7) is 0. The smallest absolute Gasteiger partial charge is 0.194 e. The van der Waals surface area contributed by atoms with Crippen LogP contribution in [-0.2, 0) is 0 Å². The van der Waals surface area contributed by atoms with Gasteiger partial charge in [-0.1, -0.05) is 6.07 Å². The summed E-state index contributed by atoms with van der Waals surface area (Å²) in [5.74, 6) is 0.904. The zero-order valence-corrected chi connectivity index (χ0v) is 18.5. The van der Waals surface area contributed by atoms with Crippen molar-refractivity contribution in [2.24, 2.45) is 0 Å². The average Bonchev–Trinajstić information content (AvgIpc) is 3.39. The number of thiazole rings is 1. The third-order valence-corrected chi connectivity index (χ3v) is 7.55. The van der Waals surface area contributed by atoms with Gasteiger partial charge in [0.05, 0.1) is 23.5 Å². The Labute approximate surface area is 194 Å². The fraction of sp³-hybridized carbons (Fsp3) is 0.435.